The van der Waals surface area contributed by atoms with Gasteiger partial charge >= 0.3 is 0 Å². The SMILES string of the molecule is CC(C)[C@H]1CC(C)(C)CCO1. The Labute approximate surface area is 70.1 Å². The van der Waals surface area contributed by atoms with Crippen molar-refractivity contribution in [2.45, 2.75) is 46.6 Å². The molecular formula is C10H20O. The maximum absolute atomic E-state index is 5.67. The summed E-state index contributed by atoms with van der Waals surface area (Å²) < 4.78 is 5.67. The molecule has 0 aromatic rings. The van der Waals surface area contributed by atoms with Gasteiger partial charge in [-0.1, -0.05) is 27.7 Å². The Balaban J connectivity index is 2.46. The fourth-order valence-corrected chi connectivity index (χ4v) is 1.62. The summed E-state index contributed by atoms with van der Waals surface area (Å²) in [6.07, 6.45) is 2.94. The summed E-state index contributed by atoms with van der Waals surface area (Å²) >= 11 is 0. The highest BCUT2D eigenvalue weighted by Crippen LogP contribution is 2.34. The third-order valence-corrected chi connectivity index (χ3v) is 2.61. The molecule has 0 aromatic carbocycles. The highest BCUT2D eigenvalue weighted by molar-refractivity contribution is 4.79. The Hall–Kier alpha value is -0.0400. The van der Waals surface area contributed by atoms with Crippen molar-refractivity contribution in [2.75, 3.05) is 6.61 Å². The van der Waals surface area contributed by atoms with Crippen LogP contribution in [0, 0.1) is 11.3 Å². The summed E-state index contributed by atoms with van der Waals surface area (Å²) in [6, 6.07) is 0. The molecule has 0 aliphatic carbocycles. The largest absolute Gasteiger partial charge is 0.378 e. The summed E-state index contributed by atoms with van der Waals surface area (Å²) in [5.74, 6) is 0.676. The van der Waals surface area contributed by atoms with Crippen molar-refractivity contribution >= 4 is 0 Å². The van der Waals surface area contributed by atoms with Gasteiger partial charge in [-0.05, 0) is 24.2 Å². The van der Waals surface area contributed by atoms with Crippen molar-refractivity contribution in [3.8, 4) is 0 Å². The summed E-state index contributed by atoms with van der Waals surface area (Å²) in [7, 11) is 0. The van der Waals surface area contributed by atoms with Crippen LogP contribution in [0.4, 0.5) is 0 Å². The van der Waals surface area contributed by atoms with Crippen molar-refractivity contribution < 1.29 is 4.74 Å². The first-order valence-corrected chi connectivity index (χ1v) is 4.63. The van der Waals surface area contributed by atoms with E-state index in [0.717, 1.165) is 6.61 Å². The quantitative estimate of drug-likeness (QED) is 0.567. The van der Waals surface area contributed by atoms with Crippen molar-refractivity contribution in [3.63, 3.8) is 0 Å². The van der Waals surface area contributed by atoms with Crippen LogP contribution in [-0.2, 0) is 4.74 Å². The van der Waals surface area contributed by atoms with Gasteiger partial charge in [0.05, 0.1) is 6.10 Å². The molecule has 0 unspecified atom stereocenters. The summed E-state index contributed by atoms with van der Waals surface area (Å²) in [4.78, 5) is 0. The van der Waals surface area contributed by atoms with Gasteiger partial charge in [-0.15, -0.1) is 0 Å². The van der Waals surface area contributed by atoms with Crippen LogP contribution in [0.1, 0.15) is 40.5 Å². The van der Waals surface area contributed by atoms with E-state index in [9.17, 15) is 0 Å². The van der Waals surface area contributed by atoms with Gasteiger partial charge in [0.1, 0.15) is 0 Å². The third-order valence-electron chi connectivity index (χ3n) is 2.61. The zero-order chi connectivity index (χ0) is 8.48. The van der Waals surface area contributed by atoms with Crippen LogP contribution >= 0.6 is 0 Å². The molecule has 1 rings (SSSR count). The molecule has 1 heterocycles. The fraction of sp³-hybridized carbons (Fsp3) is 1.00. The van der Waals surface area contributed by atoms with E-state index in [1.165, 1.54) is 12.8 Å². The first kappa shape index (κ1) is 9.05. The Morgan fingerprint density at radius 1 is 1.36 bits per heavy atom. The van der Waals surface area contributed by atoms with Gasteiger partial charge < -0.3 is 4.74 Å². The maximum Gasteiger partial charge on any atom is 0.0603 e. The monoisotopic (exact) mass is 156 g/mol. The molecule has 0 amide bonds. The highest BCUT2D eigenvalue weighted by Gasteiger charge is 2.29. The van der Waals surface area contributed by atoms with Crippen LogP contribution in [-0.4, -0.2) is 12.7 Å². The van der Waals surface area contributed by atoms with E-state index in [0.29, 0.717) is 17.4 Å². The Morgan fingerprint density at radius 2 is 2.00 bits per heavy atom. The van der Waals surface area contributed by atoms with Crippen molar-refractivity contribution in [1.29, 1.82) is 0 Å². The van der Waals surface area contributed by atoms with Crippen LogP contribution in [0.3, 0.4) is 0 Å². The third kappa shape index (κ3) is 2.48. The van der Waals surface area contributed by atoms with Gasteiger partial charge in [-0.2, -0.15) is 0 Å². The van der Waals surface area contributed by atoms with Crippen LogP contribution < -0.4 is 0 Å². The van der Waals surface area contributed by atoms with Crippen molar-refractivity contribution in [1.82, 2.24) is 0 Å². The summed E-state index contributed by atoms with van der Waals surface area (Å²) in [5, 5.41) is 0. The molecule has 0 saturated carbocycles. The summed E-state index contributed by atoms with van der Waals surface area (Å²) in [5.41, 5.74) is 0.507. The van der Waals surface area contributed by atoms with E-state index in [-0.39, 0.29) is 0 Å². The Kier molecular flexibility index (Phi) is 2.58. The normalized spacial score (nSPS) is 30.8. The molecule has 1 heteroatoms. The van der Waals surface area contributed by atoms with E-state index in [1.807, 2.05) is 0 Å². The average Bonchev–Trinajstić information content (AvgIpc) is 1.85. The standard InChI is InChI=1S/C10H20O/c1-8(2)9-7-10(3,4)5-6-11-9/h8-9H,5-7H2,1-4H3/t9-/m1/s1. The van der Waals surface area contributed by atoms with Crippen LogP contribution in [0.2, 0.25) is 0 Å². The molecule has 0 N–H and O–H groups in total. The van der Waals surface area contributed by atoms with Gasteiger partial charge in [0, 0.05) is 6.61 Å². The number of ether oxygens (including phenoxy) is 1. The molecule has 0 spiro atoms. The molecule has 1 atom stereocenters. The lowest BCUT2D eigenvalue weighted by molar-refractivity contribution is -0.0579. The lowest BCUT2D eigenvalue weighted by Gasteiger charge is -2.37. The van der Waals surface area contributed by atoms with Gasteiger partial charge in [0.15, 0.2) is 0 Å². The first-order valence-electron chi connectivity index (χ1n) is 4.63. The molecule has 1 nitrogen and oxygen atoms in total. The topological polar surface area (TPSA) is 9.23 Å². The van der Waals surface area contributed by atoms with E-state index >= 15 is 0 Å². The minimum Gasteiger partial charge on any atom is -0.378 e. The predicted octanol–water partition coefficient (Wildman–Crippen LogP) is 2.85. The van der Waals surface area contributed by atoms with E-state index < -0.39 is 0 Å². The molecule has 0 radical (unpaired) electrons. The maximum atomic E-state index is 5.67. The molecule has 0 bridgehead atoms. The average molecular weight is 156 g/mol. The highest BCUT2D eigenvalue weighted by atomic mass is 16.5. The van der Waals surface area contributed by atoms with Crippen molar-refractivity contribution in [2.24, 2.45) is 11.3 Å². The Bertz CT molecular complexity index is 127. The zero-order valence-electron chi connectivity index (χ0n) is 8.18. The fourth-order valence-electron chi connectivity index (χ4n) is 1.62. The van der Waals surface area contributed by atoms with Crippen LogP contribution in [0.25, 0.3) is 0 Å². The van der Waals surface area contributed by atoms with Crippen molar-refractivity contribution in [3.05, 3.63) is 0 Å². The first-order chi connectivity index (χ1) is 5.01. The van der Waals surface area contributed by atoms with E-state index in [1.54, 1.807) is 0 Å². The van der Waals surface area contributed by atoms with Gasteiger partial charge in [-0.25, -0.2) is 0 Å². The Morgan fingerprint density at radius 3 is 2.36 bits per heavy atom. The molecular weight excluding hydrogens is 136 g/mol. The second-order valence-electron chi connectivity index (χ2n) is 4.77. The van der Waals surface area contributed by atoms with E-state index in [2.05, 4.69) is 27.7 Å². The molecule has 1 saturated heterocycles. The minimum absolute atomic E-state index is 0.499. The lowest BCUT2D eigenvalue weighted by atomic mass is 9.79. The molecule has 1 aliphatic rings. The number of rotatable bonds is 1. The number of hydrogen-bond acceptors (Lipinski definition) is 1. The molecule has 11 heavy (non-hydrogen) atoms. The van der Waals surface area contributed by atoms with Crippen LogP contribution in [0.5, 0.6) is 0 Å². The second kappa shape index (κ2) is 3.14. The second-order valence-corrected chi connectivity index (χ2v) is 4.77. The molecule has 0 aromatic heterocycles. The zero-order valence-corrected chi connectivity index (χ0v) is 8.18. The molecule has 1 fully saturated rings. The minimum atomic E-state index is 0.499. The van der Waals surface area contributed by atoms with Gasteiger partial charge in [0.2, 0.25) is 0 Å². The summed E-state index contributed by atoms with van der Waals surface area (Å²) in [6.45, 7) is 10.1. The number of hydrogen-bond donors (Lipinski definition) is 0. The smallest absolute Gasteiger partial charge is 0.0603 e. The molecule has 66 valence electrons. The lowest BCUT2D eigenvalue weighted by Crippen LogP contribution is -2.34. The van der Waals surface area contributed by atoms with Gasteiger partial charge in [0.25, 0.3) is 0 Å². The van der Waals surface area contributed by atoms with Gasteiger partial charge in [-0.3, -0.25) is 0 Å². The van der Waals surface area contributed by atoms with E-state index in [4.69, 9.17) is 4.74 Å². The molecule has 1 aliphatic heterocycles. The predicted molar refractivity (Wildman–Crippen MR) is 47.6 cm³/mol. The van der Waals surface area contributed by atoms with Crippen LogP contribution in [0.15, 0.2) is 0 Å².